The fraction of sp³-hybridized carbons (Fsp3) is 0.342. The molecule has 4 atom stereocenters. The molecule has 0 saturated carbocycles. The van der Waals surface area contributed by atoms with Gasteiger partial charge in [0.15, 0.2) is 5.96 Å². The molecule has 0 fully saturated rings. The van der Waals surface area contributed by atoms with E-state index in [0.29, 0.717) is 23.2 Å². The Morgan fingerprint density at radius 2 is 1.35 bits per heavy atom. The average Bonchev–Trinajstić information content (AvgIpc) is 3.85. The van der Waals surface area contributed by atoms with Crippen LogP contribution in [0, 0.1) is 0 Å². The highest BCUT2D eigenvalue weighted by atomic mass is 16.2. The summed E-state index contributed by atoms with van der Waals surface area (Å²) in [6.45, 7) is 1.31. The number of aromatic nitrogens is 3. The molecule has 0 aliphatic rings. The molecule has 0 bridgehead atoms. The lowest BCUT2D eigenvalue weighted by molar-refractivity contribution is -0.135. The first-order valence-electron chi connectivity index (χ1n) is 18.3. The van der Waals surface area contributed by atoms with Crippen molar-refractivity contribution in [2.45, 2.75) is 76.0 Å². The minimum absolute atomic E-state index is 0.0297. The maximum Gasteiger partial charge on any atom is 0.248 e. The molecule has 19 nitrogen and oxygen atoms in total. The number of guanidine groups is 1. The van der Waals surface area contributed by atoms with Crippen molar-refractivity contribution in [3.05, 3.63) is 90.1 Å². The Labute approximate surface area is 327 Å². The Balaban J connectivity index is 1.63. The lowest BCUT2D eigenvalue weighted by atomic mass is 10.0. The van der Waals surface area contributed by atoms with E-state index in [4.69, 9.17) is 17.2 Å². The number of carbonyl (C=O) groups is 7. The number of aliphatic imine (C=N–C) groups is 1. The number of rotatable bonds is 21. The molecule has 13 N–H and O–H groups in total. The largest absolute Gasteiger partial charge is 0.370 e. The van der Waals surface area contributed by atoms with Gasteiger partial charge in [-0.05, 0) is 30.0 Å². The summed E-state index contributed by atoms with van der Waals surface area (Å²) in [6.07, 6.45) is 4.56. The Morgan fingerprint density at radius 1 is 0.719 bits per heavy atom. The zero-order valence-corrected chi connectivity index (χ0v) is 31.4. The van der Waals surface area contributed by atoms with Crippen molar-refractivity contribution in [1.29, 1.82) is 0 Å². The van der Waals surface area contributed by atoms with Crippen molar-refractivity contribution >= 4 is 58.2 Å². The number of hydrogen-bond acceptors (Lipinski definition) is 8. The normalized spacial score (nSPS) is 12.9. The average molecular weight is 785 g/mol. The highest BCUT2D eigenvalue weighted by Gasteiger charge is 2.32. The van der Waals surface area contributed by atoms with Crippen LogP contribution in [0.1, 0.15) is 49.4 Å². The molecule has 0 aliphatic carbocycles. The predicted molar refractivity (Wildman–Crippen MR) is 209 cm³/mol. The van der Waals surface area contributed by atoms with E-state index >= 15 is 0 Å². The highest BCUT2D eigenvalue weighted by molar-refractivity contribution is 5.97. The summed E-state index contributed by atoms with van der Waals surface area (Å²) in [5, 5.41) is 13.9. The zero-order chi connectivity index (χ0) is 41.3. The molecule has 19 heteroatoms. The summed E-state index contributed by atoms with van der Waals surface area (Å²) >= 11 is 0. The van der Waals surface area contributed by atoms with E-state index in [1.54, 1.807) is 36.5 Å². The first kappa shape index (κ1) is 42.7. The van der Waals surface area contributed by atoms with Crippen molar-refractivity contribution in [3.8, 4) is 0 Å². The number of primary amides is 1. The van der Waals surface area contributed by atoms with Gasteiger partial charge in [-0.15, -0.1) is 0 Å². The van der Waals surface area contributed by atoms with Crippen LogP contribution in [0.3, 0.4) is 0 Å². The second kappa shape index (κ2) is 21.1. The topological polar surface area (TPSA) is 315 Å². The summed E-state index contributed by atoms with van der Waals surface area (Å²) in [6, 6.07) is 10.9. The van der Waals surface area contributed by atoms with Gasteiger partial charge in [-0.1, -0.05) is 55.5 Å². The molecular formula is C38H48N12O7. The van der Waals surface area contributed by atoms with E-state index in [0.717, 1.165) is 10.9 Å². The molecule has 2 aromatic heterocycles. The molecular weight excluding hydrogens is 736 g/mol. The Kier molecular flexibility index (Phi) is 15.8. The number of amides is 7. The van der Waals surface area contributed by atoms with Crippen LogP contribution in [-0.2, 0) is 52.8 Å². The molecule has 7 amide bonds. The monoisotopic (exact) mass is 784 g/mol. The van der Waals surface area contributed by atoms with Gasteiger partial charge < -0.3 is 53.8 Å². The zero-order valence-electron chi connectivity index (χ0n) is 31.4. The molecule has 2 heterocycles. The van der Waals surface area contributed by atoms with Gasteiger partial charge in [0.1, 0.15) is 24.2 Å². The third-order valence-electron chi connectivity index (χ3n) is 8.73. The Bertz CT molecular complexity index is 2040. The maximum absolute atomic E-state index is 14.2. The maximum atomic E-state index is 14.2. The van der Waals surface area contributed by atoms with E-state index in [2.05, 4.69) is 46.5 Å². The summed E-state index contributed by atoms with van der Waals surface area (Å²) in [5.74, 6) is -5.57. The van der Waals surface area contributed by atoms with Gasteiger partial charge in [0.2, 0.25) is 41.4 Å². The van der Waals surface area contributed by atoms with Gasteiger partial charge in [-0.2, -0.15) is 4.99 Å². The fourth-order valence-electron chi connectivity index (χ4n) is 5.96. The number of benzene rings is 2. The van der Waals surface area contributed by atoms with Crippen molar-refractivity contribution in [2.75, 3.05) is 6.54 Å². The standard InChI is InChI=1S/C38H48N12O7/c1-2-8-32(52)46-30(17-24-19-42-21-45-24)37(57)48-28(15-22-9-4-3-5-10-22)36(56)47-27(13-14-33(53)50-38(40)41)35(55)49-29(34(54)44-20-31(39)51)16-23-18-43-26-12-7-6-11-25(23)26/h3-7,9-12,18-19,21,27-30,43H,2,8,13-17,20H2,1H3,(H2,39,51)(H,42,45)(H,44,54)(H,46,52)(H,47,56)(H,48,57)(H,49,55)(H4,40,41,50,53)/t27-,28+,29-,30-/m0/s1. The van der Waals surface area contributed by atoms with Crippen LogP contribution < -0.4 is 43.8 Å². The van der Waals surface area contributed by atoms with E-state index in [9.17, 15) is 33.6 Å². The van der Waals surface area contributed by atoms with Crippen LogP contribution in [0.4, 0.5) is 0 Å². The van der Waals surface area contributed by atoms with Crippen LogP contribution in [0.15, 0.2) is 78.3 Å². The summed E-state index contributed by atoms with van der Waals surface area (Å²) < 4.78 is 0. The van der Waals surface area contributed by atoms with Crippen LogP contribution >= 0.6 is 0 Å². The number of fused-ring (bicyclic) bond motifs is 1. The molecule has 57 heavy (non-hydrogen) atoms. The van der Waals surface area contributed by atoms with Crippen LogP contribution in [-0.4, -0.2) is 93.0 Å². The smallest absolute Gasteiger partial charge is 0.248 e. The first-order chi connectivity index (χ1) is 27.3. The molecule has 0 spiro atoms. The third kappa shape index (κ3) is 13.6. The third-order valence-corrected chi connectivity index (χ3v) is 8.73. The van der Waals surface area contributed by atoms with Crippen molar-refractivity contribution < 1.29 is 33.6 Å². The van der Waals surface area contributed by atoms with Gasteiger partial charge in [-0.3, -0.25) is 33.6 Å². The number of carbonyl (C=O) groups excluding carboxylic acids is 7. The minimum atomic E-state index is -1.47. The Hall–Kier alpha value is -7.05. The number of nitrogens with one attached hydrogen (secondary N) is 7. The van der Waals surface area contributed by atoms with E-state index < -0.39 is 78.5 Å². The SMILES string of the molecule is CCCC(=O)N[C@@H](Cc1cnc[nH]1)C(=O)N[C@H](Cc1ccccc1)C(=O)N[C@@H](CCC(=O)N=C(N)N)C(=O)N[C@@H](Cc1c[nH]c2ccccc12)C(=O)NCC(N)=O. The molecule has 4 rings (SSSR count). The van der Waals surface area contributed by atoms with E-state index in [1.165, 1.54) is 12.5 Å². The number of nitrogens with zero attached hydrogens (tertiary/aromatic N) is 2. The summed E-state index contributed by atoms with van der Waals surface area (Å²) in [7, 11) is 0. The molecule has 4 aromatic rings. The predicted octanol–water partition coefficient (Wildman–Crippen LogP) is -1.16. The highest BCUT2D eigenvalue weighted by Crippen LogP contribution is 2.19. The van der Waals surface area contributed by atoms with Gasteiger partial charge in [0, 0.05) is 61.1 Å². The van der Waals surface area contributed by atoms with E-state index in [-0.39, 0.29) is 38.0 Å². The number of para-hydroxylation sites is 1. The number of H-pyrrole nitrogens is 2. The van der Waals surface area contributed by atoms with Crippen LogP contribution in [0.5, 0.6) is 0 Å². The summed E-state index contributed by atoms with van der Waals surface area (Å²) in [4.78, 5) is 106. The molecule has 0 saturated heterocycles. The second-order valence-corrected chi connectivity index (χ2v) is 13.2. The number of imidazole rings is 1. The molecule has 2 aromatic carbocycles. The lowest BCUT2D eigenvalue weighted by Gasteiger charge is -2.26. The van der Waals surface area contributed by atoms with Crippen LogP contribution in [0.2, 0.25) is 0 Å². The molecule has 0 aliphatic heterocycles. The number of hydrogen-bond donors (Lipinski definition) is 10. The van der Waals surface area contributed by atoms with Crippen molar-refractivity contribution in [3.63, 3.8) is 0 Å². The lowest BCUT2D eigenvalue weighted by Crippen LogP contribution is -2.59. The second-order valence-electron chi connectivity index (χ2n) is 13.2. The van der Waals surface area contributed by atoms with Crippen molar-refractivity contribution in [1.82, 2.24) is 41.5 Å². The molecule has 0 unspecified atom stereocenters. The minimum Gasteiger partial charge on any atom is -0.370 e. The fourth-order valence-corrected chi connectivity index (χ4v) is 5.96. The Morgan fingerprint density at radius 3 is 2.00 bits per heavy atom. The van der Waals surface area contributed by atoms with Gasteiger partial charge >= 0.3 is 0 Å². The first-order valence-corrected chi connectivity index (χ1v) is 18.3. The molecule has 0 radical (unpaired) electrons. The quantitative estimate of drug-likeness (QED) is 0.0357. The van der Waals surface area contributed by atoms with Crippen LogP contribution in [0.25, 0.3) is 10.9 Å². The summed E-state index contributed by atoms with van der Waals surface area (Å²) in [5.41, 5.74) is 18.7. The van der Waals surface area contributed by atoms with Gasteiger partial charge in [0.05, 0.1) is 12.9 Å². The van der Waals surface area contributed by atoms with E-state index in [1.807, 2.05) is 31.2 Å². The van der Waals surface area contributed by atoms with Gasteiger partial charge in [-0.25, -0.2) is 4.98 Å². The number of nitrogens with two attached hydrogens (primary N) is 3. The number of aromatic amines is 2. The molecule has 302 valence electrons. The van der Waals surface area contributed by atoms with Gasteiger partial charge in [0.25, 0.3) is 0 Å². The van der Waals surface area contributed by atoms with Crippen molar-refractivity contribution in [2.24, 2.45) is 22.2 Å².